The molecule has 7 heteroatoms. The maximum atomic E-state index is 11.7. The summed E-state index contributed by atoms with van der Waals surface area (Å²) in [5.74, 6) is 0.469. The molecule has 0 saturated heterocycles. The summed E-state index contributed by atoms with van der Waals surface area (Å²) in [6.45, 7) is 0.0652. The Hall–Kier alpha value is -2.83. The number of benzene rings is 1. The molecule has 21 heavy (non-hydrogen) atoms. The van der Waals surface area contributed by atoms with Crippen molar-refractivity contribution in [3.63, 3.8) is 0 Å². The molecule has 0 saturated carbocycles. The fourth-order valence-electron chi connectivity index (χ4n) is 1.66. The predicted octanol–water partition coefficient (Wildman–Crippen LogP) is 0.985. The number of hydrogen-bond acceptors (Lipinski definition) is 5. The molecule has 2 aromatic rings. The minimum absolute atomic E-state index is 0.0652. The van der Waals surface area contributed by atoms with Crippen molar-refractivity contribution >= 4 is 5.97 Å². The van der Waals surface area contributed by atoms with Gasteiger partial charge in [0.1, 0.15) is 23.9 Å². The molecule has 2 rings (SSSR count). The van der Waals surface area contributed by atoms with Crippen LogP contribution in [0.2, 0.25) is 0 Å². The van der Waals surface area contributed by atoms with Crippen molar-refractivity contribution in [2.24, 2.45) is 0 Å². The first-order valence-corrected chi connectivity index (χ1v) is 6.14. The molecular weight excluding hydrogens is 276 g/mol. The summed E-state index contributed by atoms with van der Waals surface area (Å²) in [4.78, 5) is 28.7. The summed E-state index contributed by atoms with van der Waals surface area (Å²) in [6, 6.07) is 7.02. The number of methoxy groups -OCH3 is 1. The van der Waals surface area contributed by atoms with Gasteiger partial charge in [-0.25, -0.2) is 4.98 Å². The zero-order chi connectivity index (χ0) is 15.2. The predicted molar refractivity (Wildman–Crippen MR) is 73.5 cm³/mol. The van der Waals surface area contributed by atoms with Crippen LogP contribution < -0.4 is 15.0 Å². The molecule has 0 radical (unpaired) electrons. The highest BCUT2D eigenvalue weighted by Gasteiger charge is 2.07. The lowest BCUT2D eigenvalue weighted by molar-refractivity contribution is -0.136. The lowest BCUT2D eigenvalue weighted by Crippen LogP contribution is -2.19. The van der Waals surface area contributed by atoms with Crippen molar-refractivity contribution in [3.05, 3.63) is 52.2 Å². The van der Waals surface area contributed by atoms with E-state index in [1.54, 1.807) is 31.4 Å². The number of nitrogens with zero attached hydrogens (tertiary/aromatic N) is 1. The van der Waals surface area contributed by atoms with Gasteiger partial charge in [-0.2, -0.15) is 0 Å². The molecular formula is C14H14N2O5. The van der Waals surface area contributed by atoms with E-state index >= 15 is 0 Å². The number of rotatable bonds is 6. The second kappa shape index (κ2) is 6.56. The first kappa shape index (κ1) is 14.6. The fraction of sp³-hybridized carbons (Fsp3) is 0.214. The van der Waals surface area contributed by atoms with Gasteiger partial charge in [-0.1, -0.05) is 6.07 Å². The Balaban J connectivity index is 2.05. The topological polar surface area (TPSA) is 102 Å². The Bertz CT molecular complexity index is 696. The van der Waals surface area contributed by atoms with Crippen LogP contribution in [0.1, 0.15) is 11.4 Å². The van der Waals surface area contributed by atoms with Crippen LogP contribution in [0.5, 0.6) is 11.5 Å². The molecule has 0 fully saturated rings. The number of carboxylic acids is 1. The Morgan fingerprint density at radius 1 is 1.38 bits per heavy atom. The Morgan fingerprint density at radius 2 is 2.14 bits per heavy atom. The summed E-state index contributed by atoms with van der Waals surface area (Å²) in [5.41, 5.74) is -0.371. The van der Waals surface area contributed by atoms with Crippen LogP contribution in [0, 0.1) is 0 Å². The van der Waals surface area contributed by atoms with Crippen molar-refractivity contribution < 1.29 is 19.4 Å². The quantitative estimate of drug-likeness (QED) is 0.822. The third-order valence-electron chi connectivity index (χ3n) is 2.68. The zero-order valence-corrected chi connectivity index (χ0v) is 11.3. The molecule has 0 spiro atoms. The number of ether oxygens (including phenoxy) is 2. The van der Waals surface area contributed by atoms with Gasteiger partial charge in [-0.3, -0.25) is 9.59 Å². The highest BCUT2D eigenvalue weighted by Crippen LogP contribution is 2.19. The summed E-state index contributed by atoms with van der Waals surface area (Å²) < 4.78 is 10.6. The maximum absolute atomic E-state index is 11.7. The average molecular weight is 290 g/mol. The molecule has 1 heterocycles. The Kier molecular flexibility index (Phi) is 4.55. The molecule has 110 valence electrons. The van der Waals surface area contributed by atoms with E-state index in [0.29, 0.717) is 17.3 Å². The van der Waals surface area contributed by atoms with Crippen molar-refractivity contribution in [2.75, 3.05) is 7.11 Å². The van der Waals surface area contributed by atoms with E-state index in [9.17, 15) is 9.59 Å². The van der Waals surface area contributed by atoms with Gasteiger partial charge >= 0.3 is 5.97 Å². The van der Waals surface area contributed by atoms with Gasteiger partial charge in [-0.15, -0.1) is 0 Å². The third-order valence-corrected chi connectivity index (χ3v) is 2.68. The van der Waals surface area contributed by atoms with Gasteiger partial charge in [0.05, 0.1) is 13.5 Å². The van der Waals surface area contributed by atoms with Crippen LogP contribution in [0.25, 0.3) is 0 Å². The van der Waals surface area contributed by atoms with Gasteiger partial charge in [0.15, 0.2) is 0 Å². The summed E-state index contributed by atoms with van der Waals surface area (Å²) >= 11 is 0. The number of aliphatic carboxylic acids is 1. The van der Waals surface area contributed by atoms with Crippen LogP contribution in [0.3, 0.4) is 0 Å². The number of carbonyl (C=O) groups is 1. The van der Waals surface area contributed by atoms with Crippen molar-refractivity contribution in [1.82, 2.24) is 9.97 Å². The number of hydrogen-bond donors (Lipinski definition) is 2. The molecule has 1 aromatic carbocycles. The highest BCUT2D eigenvalue weighted by atomic mass is 16.5. The zero-order valence-electron chi connectivity index (χ0n) is 11.3. The van der Waals surface area contributed by atoms with E-state index < -0.39 is 11.5 Å². The lowest BCUT2D eigenvalue weighted by atomic mass is 10.2. The standard InChI is InChI=1S/C14H14N2O5/c1-20-10-3-2-4-11(6-10)21-8-12-15-7-9(5-13(17)18)14(19)16-12/h2-4,6-7H,5,8H2,1H3,(H,17,18)(H,15,16,19). The average Bonchev–Trinajstić information content (AvgIpc) is 2.47. The second-order valence-electron chi connectivity index (χ2n) is 4.22. The van der Waals surface area contributed by atoms with E-state index in [-0.39, 0.29) is 18.6 Å². The fourth-order valence-corrected chi connectivity index (χ4v) is 1.66. The first-order chi connectivity index (χ1) is 10.1. The van der Waals surface area contributed by atoms with E-state index in [1.165, 1.54) is 6.20 Å². The molecule has 0 atom stereocenters. The van der Waals surface area contributed by atoms with Gasteiger partial charge < -0.3 is 19.6 Å². The Labute approximate surface area is 120 Å². The van der Waals surface area contributed by atoms with E-state index in [0.717, 1.165) is 0 Å². The first-order valence-electron chi connectivity index (χ1n) is 6.14. The van der Waals surface area contributed by atoms with Crippen LogP contribution in [0.15, 0.2) is 35.3 Å². The highest BCUT2D eigenvalue weighted by molar-refractivity contribution is 5.69. The number of carboxylic acid groups (broad SMARTS) is 1. The maximum Gasteiger partial charge on any atom is 0.308 e. The molecule has 0 bridgehead atoms. The van der Waals surface area contributed by atoms with E-state index in [2.05, 4.69) is 9.97 Å². The molecule has 0 aliphatic rings. The smallest absolute Gasteiger partial charge is 0.308 e. The largest absolute Gasteiger partial charge is 0.497 e. The second-order valence-corrected chi connectivity index (χ2v) is 4.22. The van der Waals surface area contributed by atoms with Crippen LogP contribution in [-0.4, -0.2) is 28.2 Å². The van der Waals surface area contributed by atoms with E-state index in [1.807, 2.05) is 0 Å². The third kappa shape index (κ3) is 4.07. The van der Waals surface area contributed by atoms with Crippen LogP contribution >= 0.6 is 0 Å². The number of H-pyrrole nitrogens is 1. The SMILES string of the molecule is COc1cccc(OCc2ncc(CC(=O)O)c(=O)[nH]2)c1. The summed E-state index contributed by atoms with van der Waals surface area (Å²) in [5, 5.41) is 8.64. The molecule has 0 aliphatic carbocycles. The van der Waals surface area contributed by atoms with Gasteiger partial charge in [0.2, 0.25) is 0 Å². The minimum atomic E-state index is -1.08. The summed E-state index contributed by atoms with van der Waals surface area (Å²) in [7, 11) is 1.55. The van der Waals surface area contributed by atoms with Gasteiger partial charge in [-0.05, 0) is 12.1 Å². The normalized spacial score (nSPS) is 10.1. The number of aromatic amines is 1. The summed E-state index contributed by atoms with van der Waals surface area (Å²) in [6.07, 6.45) is 0.885. The number of aromatic nitrogens is 2. The lowest BCUT2D eigenvalue weighted by Gasteiger charge is -2.07. The Morgan fingerprint density at radius 3 is 2.81 bits per heavy atom. The van der Waals surface area contributed by atoms with Crippen molar-refractivity contribution in [1.29, 1.82) is 0 Å². The molecule has 0 amide bonds. The van der Waals surface area contributed by atoms with Crippen molar-refractivity contribution in [3.8, 4) is 11.5 Å². The van der Waals surface area contributed by atoms with Crippen molar-refractivity contribution in [2.45, 2.75) is 13.0 Å². The van der Waals surface area contributed by atoms with E-state index in [4.69, 9.17) is 14.6 Å². The monoisotopic (exact) mass is 290 g/mol. The van der Waals surface area contributed by atoms with Gasteiger partial charge in [0, 0.05) is 17.8 Å². The number of nitrogens with one attached hydrogen (secondary N) is 1. The molecule has 1 aromatic heterocycles. The molecule has 0 aliphatic heterocycles. The minimum Gasteiger partial charge on any atom is -0.497 e. The molecule has 0 unspecified atom stereocenters. The van der Waals surface area contributed by atoms with Crippen LogP contribution in [-0.2, 0) is 17.8 Å². The van der Waals surface area contributed by atoms with Gasteiger partial charge in [0.25, 0.3) is 5.56 Å². The molecule has 7 nitrogen and oxygen atoms in total. The molecule has 2 N–H and O–H groups in total. The van der Waals surface area contributed by atoms with Crippen LogP contribution in [0.4, 0.5) is 0 Å².